The Morgan fingerprint density at radius 3 is 1.78 bits per heavy atom. The molecule has 0 aromatic carbocycles. The molecule has 20 heteroatoms. The maximum absolute atomic E-state index is 14.7. The van der Waals surface area contributed by atoms with Crippen LogP contribution >= 0.6 is 0 Å². The first-order chi connectivity index (χ1) is 31.8. The monoisotopic (exact) mass is 972 g/mol. The maximum Gasteiger partial charge on any atom is 0.315 e. The van der Waals surface area contributed by atoms with Gasteiger partial charge in [0.2, 0.25) is 6.29 Å². The molecule has 0 bridgehead atoms. The van der Waals surface area contributed by atoms with Crippen molar-refractivity contribution in [2.75, 3.05) is 19.8 Å². The molecule has 388 valence electrons. The highest BCUT2D eigenvalue weighted by Crippen LogP contribution is 2.76. The molecule has 0 amide bonds. The average Bonchev–Trinajstić information content (AvgIpc) is 3.29. The second kappa shape index (κ2) is 18.6. The highest BCUT2D eigenvalue weighted by Gasteiger charge is 2.72. The number of esters is 1. The topological polar surface area (TPSA) is 332 Å². The minimum atomic E-state index is -1.89. The van der Waals surface area contributed by atoms with Gasteiger partial charge in [0, 0.05) is 0 Å². The Kier molecular flexibility index (Phi) is 14.4. The molecule has 7 fully saturated rings. The lowest BCUT2D eigenvalue weighted by molar-refractivity contribution is -0.381. The molecule has 12 N–H and O–H groups in total. The normalized spacial score (nSPS) is 54.5. The zero-order chi connectivity index (χ0) is 49.8. The number of rotatable bonds is 10. The van der Waals surface area contributed by atoms with Gasteiger partial charge in [-0.3, -0.25) is 4.79 Å². The number of aliphatic hydroxyl groups excluding tert-OH is 12. The third-order valence-corrected chi connectivity index (χ3v) is 19.2. The van der Waals surface area contributed by atoms with Crippen LogP contribution < -0.4 is 0 Å². The Bertz CT molecular complexity index is 1880. The van der Waals surface area contributed by atoms with Crippen LogP contribution in [0.5, 0.6) is 0 Å². The number of hydrogen-bond acceptors (Lipinski definition) is 20. The van der Waals surface area contributed by atoms with Crippen molar-refractivity contribution in [3.8, 4) is 0 Å². The van der Waals surface area contributed by atoms with Crippen LogP contribution in [0.2, 0.25) is 0 Å². The molecule has 5 aliphatic carbocycles. The molecule has 3 aliphatic heterocycles. The molecular formula is C48H76O20. The van der Waals surface area contributed by atoms with Crippen molar-refractivity contribution in [2.24, 2.45) is 50.2 Å². The standard InChI is InChI=1S/C48H76O20/c1-43(2)11-13-48(42(62)68-40-36(61)33(58)30(55)25(18-50)64-40)14-12-46(5)21(22(48)15-43)7-8-28-44(3)16-23(53)38(45(4,20-52)27(44)9-10-47(28,46)6)67-41-37(34(59)31(56)26(19-51)65-41)66-39-35(60)32(57)29(54)24(17-49)63-39/h7,20,22-41,49-51,53-61H,8-19H2,1-6H3. The smallest absolute Gasteiger partial charge is 0.315 e. The first kappa shape index (κ1) is 52.5. The third kappa shape index (κ3) is 7.99. The van der Waals surface area contributed by atoms with E-state index >= 15 is 0 Å². The predicted octanol–water partition coefficient (Wildman–Crippen LogP) is -1.71. The van der Waals surface area contributed by atoms with Gasteiger partial charge in [-0.25, -0.2) is 0 Å². The van der Waals surface area contributed by atoms with E-state index in [2.05, 4.69) is 40.7 Å². The van der Waals surface area contributed by atoms with Crippen molar-refractivity contribution >= 4 is 12.3 Å². The Labute approximate surface area is 396 Å². The summed E-state index contributed by atoms with van der Waals surface area (Å²) in [6.07, 6.45) is -19.6. The number of carbonyl (C=O) groups excluding carboxylic acids is 2. The second-order valence-electron chi connectivity index (χ2n) is 23.3. The summed E-state index contributed by atoms with van der Waals surface area (Å²) in [5.41, 5.74) is -2.90. The molecule has 20 nitrogen and oxygen atoms in total. The second-order valence-corrected chi connectivity index (χ2v) is 23.3. The Morgan fingerprint density at radius 2 is 1.19 bits per heavy atom. The van der Waals surface area contributed by atoms with Gasteiger partial charge in [-0.2, -0.15) is 0 Å². The number of aliphatic hydroxyl groups is 12. The molecule has 8 aliphatic rings. The van der Waals surface area contributed by atoms with Crippen LogP contribution in [0.3, 0.4) is 0 Å². The Balaban J connectivity index is 1.08. The van der Waals surface area contributed by atoms with E-state index in [9.17, 15) is 70.9 Å². The number of allylic oxidation sites excluding steroid dienone is 2. The van der Waals surface area contributed by atoms with Crippen LogP contribution in [0.15, 0.2) is 11.6 Å². The summed E-state index contributed by atoms with van der Waals surface area (Å²) in [7, 11) is 0. The van der Waals surface area contributed by atoms with Crippen LogP contribution in [0, 0.1) is 50.2 Å². The molecule has 0 spiro atoms. The van der Waals surface area contributed by atoms with E-state index in [-0.39, 0.29) is 29.6 Å². The third-order valence-electron chi connectivity index (χ3n) is 19.2. The number of ether oxygens (including phenoxy) is 6. The SMILES string of the molecule is CC1(C)CCC2(C(=O)OC3OC(CO)C(O)C(O)C3O)CCC3(C)C(=CCC4C5(C)CC(O)C(OC6OC(CO)C(O)C(O)C6OC6OC(CO)C(O)C(O)C6O)C(C)(C=O)C5CCC43C)C2C1. The van der Waals surface area contributed by atoms with Crippen molar-refractivity contribution in [1.29, 1.82) is 0 Å². The molecule has 4 saturated carbocycles. The molecule has 0 radical (unpaired) electrons. The lowest BCUT2D eigenvalue weighted by Crippen LogP contribution is -2.69. The summed E-state index contributed by atoms with van der Waals surface area (Å²) in [5, 5.41) is 128. The van der Waals surface area contributed by atoms with E-state index in [1.807, 2.05) is 0 Å². The van der Waals surface area contributed by atoms with Gasteiger partial charge in [0.1, 0.15) is 79.5 Å². The summed E-state index contributed by atoms with van der Waals surface area (Å²) >= 11 is 0. The molecule has 68 heavy (non-hydrogen) atoms. The lowest BCUT2D eigenvalue weighted by atomic mass is 9.33. The summed E-state index contributed by atoms with van der Waals surface area (Å²) in [4.78, 5) is 28.4. The van der Waals surface area contributed by atoms with E-state index in [4.69, 9.17) is 28.4 Å². The Hall–Kier alpha value is -1.80. The minimum Gasteiger partial charge on any atom is -0.432 e. The van der Waals surface area contributed by atoms with Gasteiger partial charge in [-0.15, -0.1) is 0 Å². The highest BCUT2D eigenvalue weighted by molar-refractivity contribution is 5.79. The van der Waals surface area contributed by atoms with Crippen LogP contribution in [-0.2, 0) is 38.0 Å². The zero-order valence-electron chi connectivity index (χ0n) is 39.8. The van der Waals surface area contributed by atoms with E-state index < -0.39 is 157 Å². The predicted molar refractivity (Wildman–Crippen MR) is 232 cm³/mol. The van der Waals surface area contributed by atoms with Gasteiger partial charge >= 0.3 is 5.97 Å². The quantitative estimate of drug-likeness (QED) is 0.0502. The molecule has 8 rings (SSSR count). The highest BCUT2D eigenvalue weighted by atomic mass is 16.8. The fourth-order valence-corrected chi connectivity index (χ4v) is 15.0. The molecular weight excluding hydrogens is 897 g/mol. The van der Waals surface area contributed by atoms with Crippen LogP contribution in [0.1, 0.15) is 99.3 Å². The number of carbonyl (C=O) groups is 2. The number of hydrogen-bond donors (Lipinski definition) is 12. The van der Waals surface area contributed by atoms with Crippen molar-refractivity contribution in [3.63, 3.8) is 0 Å². The van der Waals surface area contributed by atoms with Gasteiger partial charge in [0.25, 0.3) is 0 Å². The van der Waals surface area contributed by atoms with Gasteiger partial charge < -0.3 is 94.5 Å². The molecule has 0 aromatic heterocycles. The Morgan fingerprint density at radius 1 is 0.647 bits per heavy atom. The minimum absolute atomic E-state index is 0.0773. The summed E-state index contributed by atoms with van der Waals surface area (Å²) < 4.78 is 35.5. The average molecular weight is 973 g/mol. The number of aldehydes is 1. The van der Waals surface area contributed by atoms with E-state index in [1.165, 1.54) is 0 Å². The fraction of sp³-hybridized carbons (Fsp3) is 0.917. The molecule has 25 atom stereocenters. The van der Waals surface area contributed by atoms with Gasteiger partial charge in [-0.1, -0.05) is 53.2 Å². The summed E-state index contributed by atoms with van der Waals surface area (Å²) in [6, 6.07) is 0. The fourth-order valence-electron chi connectivity index (χ4n) is 15.0. The van der Waals surface area contributed by atoms with Gasteiger partial charge in [0.05, 0.1) is 42.9 Å². The summed E-state index contributed by atoms with van der Waals surface area (Å²) in [6.45, 7) is 10.5. The van der Waals surface area contributed by atoms with E-state index in [0.717, 1.165) is 18.3 Å². The molecule has 3 heterocycles. The van der Waals surface area contributed by atoms with Crippen molar-refractivity contribution in [2.45, 2.75) is 204 Å². The molecule has 25 unspecified atom stereocenters. The lowest BCUT2D eigenvalue weighted by Gasteiger charge is -2.71. The maximum atomic E-state index is 14.7. The van der Waals surface area contributed by atoms with Crippen molar-refractivity contribution < 1.29 is 99.3 Å². The molecule has 0 aromatic rings. The van der Waals surface area contributed by atoms with Crippen LogP contribution in [0.4, 0.5) is 0 Å². The van der Waals surface area contributed by atoms with E-state index in [0.29, 0.717) is 44.9 Å². The molecule has 3 saturated heterocycles. The first-order valence-electron chi connectivity index (χ1n) is 24.4. The number of fused-ring (bicyclic) bond motifs is 7. The van der Waals surface area contributed by atoms with Crippen LogP contribution in [-0.4, -0.2) is 198 Å². The van der Waals surface area contributed by atoms with Gasteiger partial charge in [0.15, 0.2) is 12.6 Å². The van der Waals surface area contributed by atoms with Crippen molar-refractivity contribution in [3.05, 3.63) is 11.6 Å². The largest absolute Gasteiger partial charge is 0.432 e. The van der Waals surface area contributed by atoms with Crippen molar-refractivity contribution in [1.82, 2.24) is 0 Å². The van der Waals surface area contributed by atoms with Crippen LogP contribution in [0.25, 0.3) is 0 Å². The zero-order valence-corrected chi connectivity index (χ0v) is 39.8. The summed E-state index contributed by atoms with van der Waals surface area (Å²) in [5.74, 6) is -1.27. The van der Waals surface area contributed by atoms with E-state index in [1.54, 1.807) is 6.92 Å². The van der Waals surface area contributed by atoms with Gasteiger partial charge in [-0.05, 0) is 97.2 Å². The first-order valence-corrected chi connectivity index (χ1v) is 24.4.